The van der Waals surface area contributed by atoms with E-state index in [1.54, 1.807) is 12.1 Å². The van der Waals surface area contributed by atoms with Gasteiger partial charge in [-0.05, 0) is 58.0 Å². The lowest BCUT2D eigenvalue weighted by Crippen LogP contribution is -2.06. The molecule has 0 unspecified atom stereocenters. The molecule has 2 aromatic heterocycles. The van der Waals surface area contributed by atoms with Crippen LogP contribution in [0.25, 0.3) is 0 Å². The average molecular weight is 444 g/mol. The molecule has 9 heteroatoms. The summed E-state index contributed by atoms with van der Waals surface area (Å²) in [5.41, 5.74) is 2.56. The third-order valence-electron chi connectivity index (χ3n) is 4.22. The number of Topliss-reactive ketones (excluding diaryl/α,β-unsaturated/α-hetero) is 1. The van der Waals surface area contributed by atoms with Gasteiger partial charge in [0.1, 0.15) is 11.6 Å². The Balaban J connectivity index is 1.61. The van der Waals surface area contributed by atoms with Crippen LogP contribution in [0.3, 0.4) is 0 Å². The van der Waals surface area contributed by atoms with Gasteiger partial charge in [0, 0.05) is 23.5 Å². The standard InChI is InChI=1S/C21H25N5O2S2/c1-5-26-19(13-29-20-22-14(3)11-15(4)23-20)24-25-21(26)30-12-18(27)16-7-9-17(10-8-16)28-6-2/h7-11H,5-6,12-13H2,1-4H3. The normalized spacial score (nSPS) is 10.9. The maximum atomic E-state index is 12.5. The van der Waals surface area contributed by atoms with Gasteiger partial charge in [0.05, 0.1) is 18.1 Å². The summed E-state index contributed by atoms with van der Waals surface area (Å²) in [6.07, 6.45) is 0. The molecule has 0 saturated carbocycles. The molecule has 30 heavy (non-hydrogen) atoms. The number of hydrogen-bond acceptors (Lipinski definition) is 8. The molecule has 0 aliphatic heterocycles. The zero-order chi connectivity index (χ0) is 21.5. The molecular weight excluding hydrogens is 418 g/mol. The molecule has 0 fully saturated rings. The lowest BCUT2D eigenvalue weighted by molar-refractivity contribution is 0.102. The predicted octanol–water partition coefficient (Wildman–Crippen LogP) is 4.37. The summed E-state index contributed by atoms with van der Waals surface area (Å²) in [6, 6.07) is 9.18. The van der Waals surface area contributed by atoms with E-state index in [9.17, 15) is 4.79 Å². The number of rotatable bonds is 10. The van der Waals surface area contributed by atoms with E-state index < -0.39 is 0 Å². The van der Waals surface area contributed by atoms with E-state index >= 15 is 0 Å². The van der Waals surface area contributed by atoms with E-state index in [2.05, 4.69) is 20.2 Å². The number of benzene rings is 1. The van der Waals surface area contributed by atoms with Crippen LogP contribution in [0.1, 0.15) is 41.4 Å². The zero-order valence-corrected chi connectivity index (χ0v) is 19.2. The molecule has 3 rings (SSSR count). The summed E-state index contributed by atoms with van der Waals surface area (Å²) in [4.78, 5) is 21.4. The Kier molecular flexibility index (Phi) is 7.87. The van der Waals surface area contributed by atoms with Crippen molar-refractivity contribution in [3.05, 3.63) is 53.1 Å². The molecule has 0 N–H and O–H groups in total. The maximum absolute atomic E-state index is 12.5. The van der Waals surface area contributed by atoms with E-state index in [-0.39, 0.29) is 5.78 Å². The van der Waals surface area contributed by atoms with E-state index in [4.69, 9.17) is 4.74 Å². The van der Waals surface area contributed by atoms with Gasteiger partial charge in [0.2, 0.25) is 0 Å². The van der Waals surface area contributed by atoms with Gasteiger partial charge in [0.25, 0.3) is 0 Å². The number of nitrogens with zero attached hydrogens (tertiary/aromatic N) is 5. The van der Waals surface area contributed by atoms with Crippen LogP contribution in [-0.2, 0) is 12.3 Å². The summed E-state index contributed by atoms with van der Waals surface area (Å²) in [6.45, 7) is 9.24. The topological polar surface area (TPSA) is 82.8 Å². The number of aryl methyl sites for hydroxylation is 2. The Morgan fingerprint density at radius 1 is 1.03 bits per heavy atom. The number of carbonyl (C=O) groups is 1. The lowest BCUT2D eigenvalue weighted by atomic mass is 10.1. The molecule has 1 aromatic carbocycles. The molecule has 2 heterocycles. The van der Waals surface area contributed by atoms with E-state index in [0.717, 1.165) is 39.8 Å². The molecule has 158 valence electrons. The van der Waals surface area contributed by atoms with Gasteiger partial charge in [-0.2, -0.15) is 0 Å². The molecule has 0 spiro atoms. The molecule has 3 aromatic rings. The van der Waals surface area contributed by atoms with E-state index in [1.807, 2.05) is 50.5 Å². The Morgan fingerprint density at radius 2 is 1.73 bits per heavy atom. The van der Waals surface area contributed by atoms with Gasteiger partial charge in [-0.15, -0.1) is 10.2 Å². The Morgan fingerprint density at radius 3 is 2.37 bits per heavy atom. The summed E-state index contributed by atoms with van der Waals surface area (Å²) in [5.74, 6) is 2.59. The molecule has 0 atom stereocenters. The largest absolute Gasteiger partial charge is 0.494 e. The second-order valence-electron chi connectivity index (χ2n) is 6.53. The van der Waals surface area contributed by atoms with Crippen LogP contribution in [0.2, 0.25) is 0 Å². The van der Waals surface area contributed by atoms with Crippen molar-refractivity contribution in [2.24, 2.45) is 0 Å². The third-order valence-corrected chi connectivity index (χ3v) is 6.03. The average Bonchev–Trinajstić information content (AvgIpc) is 3.12. The first-order chi connectivity index (χ1) is 14.5. The highest BCUT2D eigenvalue weighted by molar-refractivity contribution is 7.99. The van der Waals surface area contributed by atoms with Gasteiger partial charge < -0.3 is 9.30 Å². The SMILES string of the molecule is CCOc1ccc(C(=O)CSc2nnc(CSc3nc(C)cc(C)n3)n2CC)cc1. The molecular formula is C21H25N5O2S2. The second-order valence-corrected chi connectivity index (χ2v) is 8.42. The molecule has 0 aliphatic carbocycles. The summed E-state index contributed by atoms with van der Waals surface area (Å²) < 4.78 is 7.46. The Labute approximate surface area is 185 Å². The van der Waals surface area contributed by atoms with Gasteiger partial charge in [-0.1, -0.05) is 23.5 Å². The van der Waals surface area contributed by atoms with Gasteiger partial charge >= 0.3 is 0 Å². The quantitative estimate of drug-likeness (QED) is 0.259. The van der Waals surface area contributed by atoms with E-state index in [0.29, 0.717) is 23.7 Å². The first-order valence-electron chi connectivity index (χ1n) is 9.76. The number of carbonyl (C=O) groups excluding carboxylic acids is 1. The van der Waals surface area contributed by atoms with Crippen molar-refractivity contribution in [3.8, 4) is 5.75 Å². The molecule has 0 aliphatic rings. The van der Waals surface area contributed by atoms with Crippen LogP contribution in [0, 0.1) is 13.8 Å². The van der Waals surface area contributed by atoms with Crippen LogP contribution in [0.5, 0.6) is 5.75 Å². The predicted molar refractivity (Wildman–Crippen MR) is 119 cm³/mol. The van der Waals surface area contributed by atoms with Crippen LogP contribution >= 0.6 is 23.5 Å². The maximum Gasteiger partial charge on any atom is 0.191 e. The monoisotopic (exact) mass is 443 g/mol. The fourth-order valence-electron chi connectivity index (χ4n) is 2.85. The van der Waals surface area contributed by atoms with Crippen LogP contribution in [-0.4, -0.2) is 42.9 Å². The number of thioether (sulfide) groups is 2. The summed E-state index contributed by atoms with van der Waals surface area (Å²) in [5, 5.41) is 10.1. The number of aromatic nitrogens is 5. The van der Waals surface area contributed by atoms with Gasteiger partial charge in [-0.3, -0.25) is 4.79 Å². The van der Waals surface area contributed by atoms with Gasteiger partial charge in [0.15, 0.2) is 16.1 Å². The molecule has 0 saturated heterocycles. The fraction of sp³-hybridized carbons (Fsp3) is 0.381. The fourth-order valence-corrected chi connectivity index (χ4v) is 4.66. The second kappa shape index (κ2) is 10.6. The highest BCUT2D eigenvalue weighted by Crippen LogP contribution is 2.24. The highest BCUT2D eigenvalue weighted by Gasteiger charge is 2.15. The van der Waals surface area contributed by atoms with Crippen molar-refractivity contribution in [1.82, 2.24) is 24.7 Å². The first-order valence-corrected chi connectivity index (χ1v) is 11.7. The van der Waals surface area contributed by atoms with Crippen LogP contribution in [0.15, 0.2) is 40.6 Å². The Bertz CT molecular complexity index is 985. The summed E-state index contributed by atoms with van der Waals surface area (Å²) >= 11 is 2.94. The lowest BCUT2D eigenvalue weighted by Gasteiger charge is -2.07. The molecule has 0 bridgehead atoms. The molecule has 7 nitrogen and oxygen atoms in total. The van der Waals surface area contributed by atoms with E-state index in [1.165, 1.54) is 23.5 Å². The van der Waals surface area contributed by atoms with Crippen molar-refractivity contribution < 1.29 is 9.53 Å². The minimum atomic E-state index is 0.0493. The Hall–Kier alpha value is -2.39. The minimum absolute atomic E-state index is 0.0493. The number of ether oxygens (including phenoxy) is 1. The third kappa shape index (κ3) is 5.82. The number of hydrogen-bond donors (Lipinski definition) is 0. The first kappa shape index (κ1) is 22.3. The zero-order valence-electron chi connectivity index (χ0n) is 17.6. The minimum Gasteiger partial charge on any atom is -0.494 e. The van der Waals surface area contributed by atoms with Crippen molar-refractivity contribution >= 4 is 29.3 Å². The molecule has 0 amide bonds. The van der Waals surface area contributed by atoms with Crippen molar-refractivity contribution in [3.63, 3.8) is 0 Å². The highest BCUT2D eigenvalue weighted by atomic mass is 32.2. The van der Waals surface area contributed by atoms with Crippen molar-refractivity contribution in [2.45, 2.75) is 50.3 Å². The van der Waals surface area contributed by atoms with Crippen LogP contribution in [0.4, 0.5) is 0 Å². The van der Waals surface area contributed by atoms with Crippen molar-refractivity contribution in [2.75, 3.05) is 12.4 Å². The van der Waals surface area contributed by atoms with Crippen LogP contribution < -0.4 is 4.74 Å². The summed E-state index contributed by atoms with van der Waals surface area (Å²) in [7, 11) is 0. The molecule has 0 radical (unpaired) electrons. The number of ketones is 1. The van der Waals surface area contributed by atoms with Crippen molar-refractivity contribution in [1.29, 1.82) is 0 Å². The smallest absolute Gasteiger partial charge is 0.191 e. The van der Waals surface area contributed by atoms with Gasteiger partial charge in [-0.25, -0.2) is 9.97 Å².